The van der Waals surface area contributed by atoms with E-state index in [9.17, 15) is 0 Å². The first kappa shape index (κ1) is 26.0. The summed E-state index contributed by atoms with van der Waals surface area (Å²) in [6.45, 7) is 0. The van der Waals surface area contributed by atoms with Gasteiger partial charge >= 0.3 is 200 Å². The Bertz CT molecular complexity index is 855. The maximum atomic E-state index is 8.07. The van der Waals surface area contributed by atoms with Gasteiger partial charge in [-0.3, -0.25) is 0 Å². The molecule has 3 rings (SSSR count). The second-order valence-corrected chi connectivity index (χ2v) is 15.7. The molecule has 176 valence electrons. The molecule has 0 N–H and O–H groups in total. The van der Waals surface area contributed by atoms with Crippen LogP contribution < -0.4 is 15.9 Å². The zero-order chi connectivity index (χ0) is 23.3. The fourth-order valence-corrected chi connectivity index (χ4v) is 10.5. The Morgan fingerprint density at radius 3 is 1.33 bits per heavy atom. The molecule has 0 saturated heterocycles. The molecule has 0 radical (unpaired) electrons. The van der Waals surface area contributed by atoms with Gasteiger partial charge in [0, 0.05) is 0 Å². The molecule has 0 saturated carbocycles. The van der Waals surface area contributed by atoms with Crippen molar-refractivity contribution in [2.75, 3.05) is 12.0 Å². The zero-order valence-electron chi connectivity index (χ0n) is 19.6. The molecule has 33 heavy (non-hydrogen) atoms. The molecule has 3 heteroatoms. The van der Waals surface area contributed by atoms with Crippen LogP contribution in [0.15, 0.2) is 103 Å². The minimum absolute atomic E-state index is 0.797. The second-order valence-electron chi connectivity index (χ2n) is 8.80. The van der Waals surface area contributed by atoms with Crippen LogP contribution in [0.25, 0.3) is 0 Å². The van der Waals surface area contributed by atoms with Gasteiger partial charge < -0.3 is 0 Å². The summed E-state index contributed by atoms with van der Waals surface area (Å²) in [6.07, 6.45) is 15.6. The fourth-order valence-electron chi connectivity index (χ4n) is 4.61. The van der Waals surface area contributed by atoms with Crippen molar-refractivity contribution in [1.82, 2.24) is 0 Å². The van der Waals surface area contributed by atoms with Crippen molar-refractivity contribution in [1.29, 1.82) is 0 Å². The zero-order valence-corrected chi connectivity index (χ0v) is 22.0. The van der Waals surface area contributed by atoms with Gasteiger partial charge in [-0.25, -0.2) is 0 Å². The Balaban J connectivity index is 1.79. The monoisotopic (exact) mass is 498 g/mol. The van der Waals surface area contributed by atoms with Crippen molar-refractivity contribution in [2.24, 2.45) is 0 Å². The predicted octanol–water partition coefficient (Wildman–Crippen LogP) is 8.59. The number of halogens is 2. The molecule has 0 aliphatic heterocycles. The number of hydrogen-bond acceptors (Lipinski definition) is 0. The third-order valence-corrected chi connectivity index (χ3v) is 14.0. The van der Waals surface area contributed by atoms with Gasteiger partial charge in [-0.05, 0) is 0 Å². The predicted molar refractivity (Wildman–Crippen MR) is 153 cm³/mol. The van der Waals surface area contributed by atoms with Gasteiger partial charge in [0.2, 0.25) is 0 Å². The second kappa shape index (κ2) is 13.3. The summed E-state index contributed by atoms with van der Waals surface area (Å²) < 4.78 is 0. The van der Waals surface area contributed by atoms with Crippen molar-refractivity contribution < 1.29 is 0 Å². The third kappa shape index (κ3) is 6.51. The van der Waals surface area contributed by atoms with Crippen LogP contribution in [0, 0.1) is 0 Å². The van der Waals surface area contributed by atoms with Crippen LogP contribution in [0.3, 0.4) is 0 Å². The first-order valence-electron chi connectivity index (χ1n) is 12.3. The molecule has 0 aromatic heterocycles. The summed E-state index contributed by atoms with van der Waals surface area (Å²) in [6, 6.07) is 32.2. The van der Waals surface area contributed by atoms with Gasteiger partial charge in [-0.1, -0.05) is 0 Å². The Labute approximate surface area is 210 Å². The molecule has 3 aromatic carbocycles. The fraction of sp³-hybridized carbons (Fsp3) is 0.333. The average Bonchev–Trinajstić information content (AvgIpc) is 2.89. The van der Waals surface area contributed by atoms with E-state index >= 15 is 0 Å². The Morgan fingerprint density at radius 1 is 0.515 bits per heavy atom. The molecule has 0 spiro atoms. The van der Waals surface area contributed by atoms with E-state index in [-0.39, 0.29) is 0 Å². The summed E-state index contributed by atoms with van der Waals surface area (Å²) in [5.41, 5.74) is 0. The molecule has 0 aliphatic carbocycles. The van der Waals surface area contributed by atoms with Gasteiger partial charge in [0.15, 0.2) is 0 Å². The molecule has 3 aromatic rings. The number of hydrogen-bond donors (Lipinski definition) is 0. The Morgan fingerprint density at radius 2 is 0.909 bits per heavy atom. The molecule has 0 amide bonds. The van der Waals surface area contributed by atoms with Crippen LogP contribution in [0.1, 0.15) is 51.4 Å². The van der Waals surface area contributed by atoms with Gasteiger partial charge in [-0.2, -0.15) is 0 Å². The van der Waals surface area contributed by atoms with E-state index in [0.29, 0.717) is 0 Å². The van der Waals surface area contributed by atoms with Gasteiger partial charge in [0.05, 0.1) is 0 Å². The minimum atomic E-state index is -3.16. The summed E-state index contributed by atoms with van der Waals surface area (Å²) in [5.74, 6) is -2.36. The quantitative estimate of drug-likeness (QED) is 0.0902. The number of rotatable bonds is 14. The van der Waals surface area contributed by atoms with E-state index < -0.39 is 5.96 Å². The van der Waals surface area contributed by atoms with Crippen LogP contribution in [-0.2, 0) is 0 Å². The molecule has 0 atom stereocenters. The molecule has 0 nitrogen and oxygen atoms in total. The Hall–Kier alpha value is -1.59. The van der Waals surface area contributed by atoms with Crippen LogP contribution >= 0.6 is 28.8 Å². The van der Waals surface area contributed by atoms with E-state index in [1.165, 1.54) is 54.4 Å². The van der Waals surface area contributed by atoms with E-state index in [1.54, 1.807) is 0 Å². The van der Waals surface area contributed by atoms with Crippen molar-refractivity contribution in [2.45, 2.75) is 51.4 Å². The van der Waals surface area contributed by atoms with E-state index in [1.807, 2.05) is 0 Å². The van der Waals surface area contributed by atoms with Crippen LogP contribution in [0.4, 0.5) is 0 Å². The number of unbranched alkanes of at least 4 members (excludes halogenated alkanes) is 7. The topological polar surface area (TPSA) is 0 Å². The summed E-state index contributed by atoms with van der Waals surface area (Å²) >= 11 is 13.8. The standard InChI is InChI=1S/C30H37Cl2P/c31-26-18-7-5-3-1-2-4-6-8-19-27-33(32,28-20-12-9-13-21-28,29-22-14-10-15-23-29)30-24-16-11-17-25-30/h8-17,19-25H,1-7,18,26-27H2. The summed E-state index contributed by atoms with van der Waals surface area (Å²) in [4.78, 5) is 0. The van der Waals surface area contributed by atoms with Crippen molar-refractivity contribution >= 4 is 44.7 Å². The van der Waals surface area contributed by atoms with Crippen LogP contribution in [-0.4, -0.2) is 12.0 Å². The molecule has 0 aliphatic rings. The molecule has 0 fully saturated rings. The average molecular weight is 500 g/mol. The molecular formula is C30H37Cl2P. The summed E-state index contributed by atoms with van der Waals surface area (Å²) in [5, 5.41) is 3.68. The molecule has 0 bridgehead atoms. The van der Waals surface area contributed by atoms with Gasteiger partial charge in [0.1, 0.15) is 0 Å². The van der Waals surface area contributed by atoms with Crippen molar-refractivity contribution in [3.63, 3.8) is 0 Å². The van der Waals surface area contributed by atoms with Crippen molar-refractivity contribution in [3.8, 4) is 0 Å². The SMILES string of the molecule is ClCCCCCCCCCC=CCP(Cl)(c1ccccc1)(c1ccccc1)c1ccccc1. The van der Waals surface area contributed by atoms with Crippen LogP contribution in [0.2, 0.25) is 0 Å². The first-order valence-corrected chi connectivity index (χ1v) is 16.2. The molecule has 0 heterocycles. The van der Waals surface area contributed by atoms with Crippen molar-refractivity contribution in [3.05, 3.63) is 103 Å². The normalized spacial score (nSPS) is 13.1. The van der Waals surface area contributed by atoms with Gasteiger partial charge in [-0.15, -0.1) is 11.6 Å². The Kier molecular flexibility index (Phi) is 10.5. The maximum absolute atomic E-state index is 8.07. The number of benzene rings is 3. The third-order valence-electron chi connectivity index (χ3n) is 6.50. The number of alkyl halides is 1. The first-order chi connectivity index (χ1) is 16.2. The summed E-state index contributed by atoms with van der Waals surface area (Å²) in [7, 11) is 0. The molecule has 0 unspecified atom stereocenters. The van der Waals surface area contributed by atoms with Gasteiger partial charge in [0.25, 0.3) is 0 Å². The van der Waals surface area contributed by atoms with Crippen LogP contribution in [0.5, 0.6) is 0 Å². The van der Waals surface area contributed by atoms with E-state index in [4.69, 9.17) is 22.8 Å². The number of allylic oxidation sites excluding steroid dienone is 2. The molecular weight excluding hydrogens is 462 g/mol. The van der Waals surface area contributed by atoms with E-state index in [2.05, 4.69) is 103 Å². The van der Waals surface area contributed by atoms with E-state index in [0.717, 1.165) is 24.9 Å².